The zero-order valence-corrected chi connectivity index (χ0v) is 12.1. The summed E-state index contributed by atoms with van der Waals surface area (Å²) in [5.41, 5.74) is 5.50. The van der Waals surface area contributed by atoms with Crippen molar-refractivity contribution in [3.63, 3.8) is 0 Å². The highest BCUT2D eigenvalue weighted by molar-refractivity contribution is 4.93. The van der Waals surface area contributed by atoms with Gasteiger partial charge in [-0.1, -0.05) is 0 Å². The number of rotatable bonds is 6. The molecule has 0 aromatic heterocycles. The predicted molar refractivity (Wildman–Crippen MR) is 77.2 cm³/mol. The van der Waals surface area contributed by atoms with E-state index in [-0.39, 0.29) is 0 Å². The molecule has 0 aromatic rings. The molecular weight excluding hydrogens is 238 g/mol. The highest BCUT2D eigenvalue weighted by Crippen LogP contribution is 2.31. The molecule has 3 aliphatic rings. The molecular formula is C15H29N3O. The number of nitrogens with two attached hydrogens (primary N) is 1. The van der Waals surface area contributed by atoms with Crippen LogP contribution in [0.25, 0.3) is 0 Å². The summed E-state index contributed by atoms with van der Waals surface area (Å²) >= 11 is 0. The summed E-state index contributed by atoms with van der Waals surface area (Å²) in [6.07, 6.45) is 8.19. The molecule has 0 bridgehead atoms. The summed E-state index contributed by atoms with van der Waals surface area (Å²) in [7, 11) is 0. The van der Waals surface area contributed by atoms with Crippen molar-refractivity contribution in [1.82, 2.24) is 9.80 Å². The largest absolute Gasteiger partial charge is 0.378 e. The molecule has 19 heavy (non-hydrogen) atoms. The number of ether oxygens (including phenoxy) is 1. The molecule has 2 saturated heterocycles. The first-order valence-electron chi connectivity index (χ1n) is 8.16. The predicted octanol–water partition coefficient (Wildman–Crippen LogP) is 1.05. The summed E-state index contributed by atoms with van der Waals surface area (Å²) in [6.45, 7) is 6.72. The quantitative estimate of drug-likeness (QED) is 0.731. The van der Waals surface area contributed by atoms with Crippen LogP contribution in [0, 0.1) is 0 Å². The Morgan fingerprint density at radius 1 is 0.895 bits per heavy atom. The topological polar surface area (TPSA) is 41.7 Å². The molecule has 0 spiro atoms. The molecule has 110 valence electrons. The van der Waals surface area contributed by atoms with Gasteiger partial charge in [0.05, 0.1) is 6.10 Å². The van der Waals surface area contributed by atoms with E-state index in [9.17, 15) is 0 Å². The normalized spacial score (nSPS) is 31.1. The lowest BCUT2D eigenvalue weighted by Gasteiger charge is -2.36. The van der Waals surface area contributed by atoms with Gasteiger partial charge in [0, 0.05) is 44.9 Å². The molecule has 1 saturated carbocycles. The molecule has 2 heterocycles. The third-order valence-electron chi connectivity index (χ3n) is 4.95. The second kappa shape index (κ2) is 6.53. The first-order chi connectivity index (χ1) is 9.36. The second-order valence-electron chi connectivity index (χ2n) is 6.42. The fourth-order valence-corrected chi connectivity index (χ4v) is 3.58. The molecule has 0 amide bonds. The van der Waals surface area contributed by atoms with E-state index in [2.05, 4.69) is 9.80 Å². The van der Waals surface area contributed by atoms with Crippen molar-refractivity contribution < 1.29 is 4.74 Å². The van der Waals surface area contributed by atoms with Gasteiger partial charge in [-0.25, -0.2) is 0 Å². The molecule has 1 atom stereocenters. The van der Waals surface area contributed by atoms with Crippen LogP contribution in [0.5, 0.6) is 0 Å². The van der Waals surface area contributed by atoms with Crippen LogP contribution >= 0.6 is 0 Å². The molecule has 2 N–H and O–H groups in total. The molecule has 4 nitrogen and oxygen atoms in total. The minimum Gasteiger partial charge on any atom is -0.378 e. The average molecular weight is 267 g/mol. The van der Waals surface area contributed by atoms with Crippen molar-refractivity contribution in [2.24, 2.45) is 5.73 Å². The number of nitrogens with zero attached hydrogens (tertiary/aromatic N) is 2. The Balaban J connectivity index is 1.35. The van der Waals surface area contributed by atoms with Crippen molar-refractivity contribution in [3.05, 3.63) is 0 Å². The Morgan fingerprint density at radius 3 is 2.32 bits per heavy atom. The van der Waals surface area contributed by atoms with E-state index in [1.54, 1.807) is 0 Å². The molecule has 0 aromatic carbocycles. The number of hydrogen-bond donors (Lipinski definition) is 1. The zero-order chi connectivity index (χ0) is 13.1. The number of likely N-dealkylation sites (tertiary alicyclic amines) is 2. The summed E-state index contributed by atoms with van der Waals surface area (Å²) in [4.78, 5) is 5.43. The van der Waals surface area contributed by atoms with Crippen LogP contribution in [0.3, 0.4) is 0 Å². The highest BCUT2D eigenvalue weighted by Gasteiger charge is 2.37. The van der Waals surface area contributed by atoms with Crippen LogP contribution in [-0.4, -0.2) is 67.3 Å². The Bertz CT molecular complexity index is 275. The van der Waals surface area contributed by atoms with Crippen LogP contribution in [-0.2, 0) is 4.74 Å². The van der Waals surface area contributed by atoms with Crippen LogP contribution in [0.2, 0.25) is 0 Å². The van der Waals surface area contributed by atoms with Crippen LogP contribution < -0.4 is 5.73 Å². The van der Waals surface area contributed by atoms with Crippen molar-refractivity contribution in [2.45, 2.75) is 56.7 Å². The fraction of sp³-hybridized carbons (Fsp3) is 1.00. The van der Waals surface area contributed by atoms with E-state index >= 15 is 0 Å². The summed E-state index contributed by atoms with van der Waals surface area (Å²) in [6, 6.07) is 1.77. The lowest BCUT2D eigenvalue weighted by atomic mass is 10.0. The number of piperidine rings is 1. The Labute approximate surface area is 117 Å². The zero-order valence-electron chi connectivity index (χ0n) is 12.1. The van der Waals surface area contributed by atoms with E-state index in [1.165, 1.54) is 58.3 Å². The summed E-state index contributed by atoms with van der Waals surface area (Å²) in [5.74, 6) is 0. The molecule has 3 fully saturated rings. The summed E-state index contributed by atoms with van der Waals surface area (Å²) < 4.78 is 5.89. The lowest BCUT2D eigenvalue weighted by Crippen LogP contribution is -2.44. The van der Waals surface area contributed by atoms with Gasteiger partial charge >= 0.3 is 0 Å². The standard InChI is InChI=1S/C15H29N3O/c16-7-1-11-19-15-5-9-17(10-6-15)14-4-8-18(12-14)13-2-3-13/h13-15H,1-12,16H2. The lowest BCUT2D eigenvalue weighted by molar-refractivity contribution is -0.00131. The first-order valence-corrected chi connectivity index (χ1v) is 8.16. The molecule has 2 aliphatic heterocycles. The van der Waals surface area contributed by atoms with Crippen molar-refractivity contribution in [1.29, 1.82) is 0 Å². The van der Waals surface area contributed by atoms with E-state index in [1.807, 2.05) is 0 Å². The third-order valence-corrected chi connectivity index (χ3v) is 4.95. The third kappa shape index (κ3) is 3.69. The van der Waals surface area contributed by atoms with Gasteiger partial charge in [-0.3, -0.25) is 9.80 Å². The molecule has 3 rings (SSSR count). The second-order valence-corrected chi connectivity index (χ2v) is 6.42. The Kier molecular flexibility index (Phi) is 4.74. The van der Waals surface area contributed by atoms with Gasteiger partial charge in [0.1, 0.15) is 0 Å². The molecule has 1 unspecified atom stereocenters. The highest BCUT2D eigenvalue weighted by atomic mass is 16.5. The SMILES string of the molecule is NCCCOC1CCN(C2CCN(C3CC3)C2)CC1. The minimum absolute atomic E-state index is 0.490. The molecule has 0 radical (unpaired) electrons. The van der Waals surface area contributed by atoms with Gasteiger partial charge in [-0.05, 0) is 45.1 Å². The van der Waals surface area contributed by atoms with E-state index in [0.717, 1.165) is 31.7 Å². The van der Waals surface area contributed by atoms with Gasteiger partial charge in [-0.2, -0.15) is 0 Å². The van der Waals surface area contributed by atoms with Crippen molar-refractivity contribution in [3.8, 4) is 0 Å². The van der Waals surface area contributed by atoms with Crippen LogP contribution in [0.15, 0.2) is 0 Å². The van der Waals surface area contributed by atoms with Crippen LogP contribution in [0.4, 0.5) is 0 Å². The monoisotopic (exact) mass is 267 g/mol. The van der Waals surface area contributed by atoms with E-state index in [0.29, 0.717) is 6.10 Å². The van der Waals surface area contributed by atoms with Gasteiger partial charge in [0.25, 0.3) is 0 Å². The van der Waals surface area contributed by atoms with Gasteiger partial charge in [-0.15, -0.1) is 0 Å². The van der Waals surface area contributed by atoms with Gasteiger partial charge in [0.2, 0.25) is 0 Å². The Morgan fingerprint density at radius 2 is 1.63 bits per heavy atom. The van der Waals surface area contributed by atoms with Gasteiger partial charge < -0.3 is 10.5 Å². The minimum atomic E-state index is 0.490. The maximum absolute atomic E-state index is 5.89. The first kappa shape index (κ1) is 13.8. The maximum atomic E-state index is 5.89. The van der Waals surface area contributed by atoms with Crippen molar-refractivity contribution >= 4 is 0 Å². The average Bonchev–Trinajstić information content (AvgIpc) is 3.18. The molecule has 4 heteroatoms. The smallest absolute Gasteiger partial charge is 0.0599 e. The fourth-order valence-electron chi connectivity index (χ4n) is 3.58. The van der Waals surface area contributed by atoms with Crippen molar-refractivity contribution in [2.75, 3.05) is 39.3 Å². The van der Waals surface area contributed by atoms with E-state index < -0.39 is 0 Å². The summed E-state index contributed by atoms with van der Waals surface area (Å²) in [5, 5.41) is 0. The maximum Gasteiger partial charge on any atom is 0.0599 e. The molecule has 1 aliphatic carbocycles. The van der Waals surface area contributed by atoms with E-state index in [4.69, 9.17) is 10.5 Å². The number of hydrogen-bond acceptors (Lipinski definition) is 4. The van der Waals surface area contributed by atoms with Crippen LogP contribution in [0.1, 0.15) is 38.5 Å². The van der Waals surface area contributed by atoms with Gasteiger partial charge in [0.15, 0.2) is 0 Å². The Hall–Kier alpha value is -0.160.